The van der Waals surface area contributed by atoms with Gasteiger partial charge in [-0.25, -0.2) is 0 Å². The van der Waals surface area contributed by atoms with Gasteiger partial charge in [0.05, 0.1) is 22.8 Å². The molecule has 94 valence electrons. The number of rotatable bonds is 6. The Morgan fingerprint density at radius 3 is 2.65 bits per heavy atom. The van der Waals surface area contributed by atoms with Crippen molar-refractivity contribution in [3.05, 3.63) is 28.6 Å². The molecule has 0 bridgehead atoms. The summed E-state index contributed by atoms with van der Waals surface area (Å²) in [7, 11) is 0. The van der Waals surface area contributed by atoms with Crippen molar-refractivity contribution >= 4 is 17.4 Å². The molecular formula is C13H19ClN2O. The van der Waals surface area contributed by atoms with Crippen molar-refractivity contribution in [2.24, 2.45) is 0 Å². The van der Waals surface area contributed by atoms with Crippen LogP contribution >= 0.6 is 11.6 Å². The summed E-state index contributed by atoms with van der Waals surface area (Å²) < 4.78 is 1.82. The summed E-state index contributed by atoms with van der Waals surface area (Å²) >= 11 is 6.23. The molecule has 0 saturated carbocycles. The van der Waals surface area contributed by atoms with E-state index in [-0.39, 0.29) is 5.78 Å². The second kappa shape index (κ2) is 6.60. The summed E-state index contributed by atoms with van der Waals surface area (Å²) in [5.41, 5.74) is 1.70. The number of ketones is 1. The van der Waals surface area contributed by atoms with Crippen LogP contribution in [-0.2, 0) is 24.2 Å². The Hall–Kier alpha value is -1.09. The Kier molecular flexibility index (Phi) is 5.42. The van der Waals surface area contributed by atoms with Crippen molar-refractivity contribution < 1.29 is 4.79 Å². The Morgan fingerprint density at radius 1 is 1.41 bits per heavy atom. The molecule has 1 heterocycles. The van der Waals surface area contributed by atoms with E-state index in [4.69, 9.17) is 11.6 Å². The van der Waals surface area contributed by atoms with Gasteiger partial charge in [-0.3, -0.25) is 9.48 Å². The molecule has 0 fully saturated rings. The van der Waals surface area contributed by atoms with E-state index in [1.165, 1.54) is 0 Å². The van der Waals surface area contributed by atoms with Crippen molar-refractivity contribution in [2.75, 3.05) is 0 Å². The van der Waals surface area contributed by atoms with Crippen LogP contribution in [0.5, 0.6) is 0 Å². The van der Waals surface area contributed by atoms with Crippen molar-refractivity contribution in [3.63, 3.8) is 0 Å². The minimum atomic E-state index is 0.0750. The van der Waals surface area contributed by atoms with Gasteiger partial charge in [-0.1, -0.05) is 31.5 Å². The molecule has 0 aliphatic heterocycles. The lowest BCUT2D eigenvalue weighted by molar-refractivity contribution is -0.114. The summed E-state index contributed by atoms with van der Waals surface area (Å²) in [6.45, 7) is 6.75. The largest absolute Gasteiger partial charge is 0.294 e. The van der Waals surface area contributed by atoms with Crippen molar-refractivity contribution in [1.29, 1.82) is 0 Å². The Labute approximate surface area is 107 Å². The second-order valence-electron chi connectivity index (χ2n) is 3.83. The van der Waals surface area contributed by atoms with Crippen LogP contribution < -0.4 is 0 Å². The van der Waals surface area contributed by atoms with Gasteiger partial charge in [-0.05, 0) is 25.8 Å². The zero-order chi connectivity index (χ0) is 12.8. The van der Waals surface area contributed by atoms with Crippen molar-refractivity contribution in [1.82, 2.24) is 9.78 Å². The number of nitrogens with zero attached hydrogens (tertiary/aromatic N) is 2. The molecule has 1 rings (SSSR count). The highest BCUT2D eigenvalue weighted by Crippen LogP contribution is 2.22. The molecule has 1 aromatic rings. The Morgan fingerprint density at radius 2 is 2.12 bits per heavy atom. The molecule has 1 aromatic heterocycles. The number of hydrogen-bond acceptors (Lipinski definition) is 2. The van der Waals surface area contributed by atoms with Gasteiger partial charge in [0, 0.05) is 6.54 Å². The molecule has 0 unspecified atom stereocenters. The number of aryl methyl sites for hydroxylation is 2. The quantitative estimate of drug-likeness (QED) is 0.731. The van der Waals surface area contributed by atoms with Gasteiger partial charge < -0.3 is 0 Å². The maximum absolute atomic E-state index is 11.7. The van der Waals surface area contributed by atoms with E-state index >= 15 is 0 Å². The minimum Gasteiger partial charge on any atom is -0.294 e. The first-order chi connectivity index (χ1) is 8.13. The molecule has 4 heteroatoms. The van der Waals surface area contributed by atoms with Gasteiger partial charge in [0.15, 0.2) is 5.78 Å². The van der Waals surface area contributed by atoms with E-state index in [0.717, 1.165) is 30.8 Å². The summed E-state index contributed by atoms with van der Waals surface area (Å²) in [5.74, 6) is 0.0750. The van der Waals surface area contributed by atoms with Crippen molar-refractivity contribution in [2.45, 2.75) is 46.6 Å². The molecule has 17 heavy (non-hydrogen) atoms. The Balaban J connectivity index is 2.93. The number of carbonyl (C=O) groups excluding carboxylic acids is 1. The number of hydrogen-bond donors (Lipinski definition) is 0. The van der Waals surface area contributed by atoms with Gasteiger partial charge in [0.2, 0.25) is 0 Å². The molecule has 0 amide bonds. The maximum Gasteiger partial charge on any atom is 0.161 e. The van der Waals surface area contributed by atoms with Crippen LogP contribution in [0.3, 0.4) is 0 Å². The fourth-order valence-corrected chi connectivity index (χ4v) is 2.00. The monoisotopic (exact) mass is 254 g/mol. The summed E-state index contributed by atoms with van der Waals surface area (Å²) in [6.07, 6.45) is 5.47. The fourth-order valence-electron chi connectivity index (χ4n) is 1.66. The van der Waals surface area contributed by atoms with Crippen LogP contribution in [-0.4, -0.2) is 15.6 Å². The third-order valence-electron chi connectivity index (χ3n) is 2.58. The molecule has 3 nitrogen and oxygen atoms in total. The normalized spacial score (nSPS) is 11.3. The third kappa shape index (κ3) is 3.43. The molecule has 0 aliphatic carbocycles. The molecule has 0 N–H and O–H groups in total. The highest BCUT2D eigenvalue weighted by molar-refractivity contribution is 6.32. The SMILES string of the molecule is CC/C=C/C(=O)Cc1c(Cl)c(CC)nn1CC. The number of aromatic nitrogens is 2. The van der Waals surface area contributed by atoms with Gasteiger partial charge in [-0.2, -0.15) is 5.10 Å². The first-order valence-electron chi connectivity index (χ1n) is 6.07. The summed E-state index contributed by atoms with van der Waals surface area (Å²) in [4.78, 5) is 11.7. The van der Waals surface area contributed by atoms with E-state index in [0.29, 0.717) is 11.4 Å². The molecule has 0 atom stereocenters. The van der Waals surface area contributed by atoms with E-state index in [1.54, 1.807) is 6.08 Å². The average Bonchev–Trinajstić information content (AvgIpc) is 2.63. The lowest BCUT2D eigenvalue weighted by Gasteiger charge is -2.02. The molecule has 0 spiro atoms. The van der Waals surface area contributed by atoms with Gasteiger partial charge >= 0.3 is 0 Å². The minimum absolute atomic E-state index is 0.0750. The van der Waals surface area contributed by atoms with Gasteiger partial charge in [0.25, 0.3) is 0 Å². The molecular weight excluding hydrogens is 236 g/mol. The zero-order valence-corrected chi connectivity index (χ0v) is 11.4. The topological polar surface area (TPSA) is 34.9 Å². The van der Waals surface area contributed by atoms with Crippen LogP contribution in [0.2, 0.25) is 5.02 Å². The zero-order valence-electron chi connectivity index (χ0n) is 10.7. The Bertz CT molecular complexity index is 421. The average molecular weight is 255 g/mol. The third-order valence-corrected chi connectivity index (χ3v) is 3.01. The standard InChI is InChI=1S/C13H19ClN2O/c1-4-7-8-10(17)9-12-13(14)11(5-2)15-16(12)6-3/h7-8H,4-6,9H2,1-3H3/b8-7+. The molecule has 0 radical (unpaired) electrons. The van der Waals surface area contributed by atoms with Gasteiger partial charge in [-0.15, -0.1) is 0 Å². The number of halogens is 1. The van der Waals surface area contributed by atoms with Gasteiger partial charge in [0.1, 0.15) is 0 Å². The summed E-state index contributed by atoms with van der Waals surface area (Å²) in [5, 5.41) is 5.03. The summed E-state index contributed by atoms with van der Waals surface area (Å²) in [6, 6.07) is 0. The van der Waals surface area contributed by atoms with Crippen LogP contribution in [0.4, 0.5) is 0 Å². The van der Waals surface area contributed by atoms with E-state index in [9.17, 15) is 4.79 Å². The highest BCUT2D eigenvalue weighted by Gasteiger charge is 2.15. The smallest absolute Gasteiger partial charge is 0.161 e. The van der Waals surface area contributed by atoms with Crippen LogP contribution in [0.15, 0.2) is 12.2 Å². The maximum atomic E-state index is 11.7. The van der Waals surface area contributed by atoms with Crippen LogP contribution in [0.25, 0.3) is 0 Å². The number of allylic oxidation sites excluding steroid dienone is 2. The van der Waals surface area contributed by atoms with Crippen LogP contribution in [0.1, 0.15) is 38.6 Å². The lowest BCUT2D eigenvalue weighted by Crippen LogP contribution is -2.08. The lowest BCUT2D eigenvalue weighted by atomic mass is 10.2. The first kappa shape index (κ1) is 14.0. The molecule has 0 saturated heterocycles. The second-order valence-corrected chi connectivity index (χ2v) is 4.21. The number of carbonyl (C=O) groups is 1. The van der Waals surface area contributed by atoms with E-state index < -0.39 is 0 Å². The van der Waals surface area contributed by atoms with Crippen LogP contribution in [0, 0.1) is 0 Å². The highest BCUT2D eigenvalue weighted by atomic mass is 35.5. The van der Waals surface area contributed by atoms with Crippen molar-refractivity contribution in [3.8, 4) is 0 Å². The molecule has 0 aliphatic rings. The first-order valence-corrected chi connectivity index (χ1v) is 6.45. The van der Waals surface area contributed by atoms with E-state index in [1.807, 2.05) is 31.5 Å². The predicted molar refractivity (Wildman–Crippen MR) is 70.4 cm³/mol. The predicted octanol–water partition coefficient (Wildman–Crippen LogP) is 3.20. The van der Waals surface area contributed by atoms with E-state index in [2.05, 4.69) is 5.10 Å². The molecule has 0 aromatic carbocycles. The fraction of sp³-hybridized carbons (Fsp3) is 0.538.